The smallest absolute Gasteiger partial charge is 0.331 e. The van der Waals surface area contributed by atoms with Crippen molar-refractivity contribution in [2.24, 2.45) is 24.3 Å². The highest BCUT2D eigenvalue weighted by molar-refractivity contribution is 6.74. The molecular formula is C34H52N2O4Si. The Morgan fingerprint density at radius 2 is 1.80 bits per heavy atom. The first-order valence-corrected chi connectivity index (χ1v) is 18.1. The van der Waals surface area contributed by atoms with Gasteiger partial charge in [0.05, 0.1) is 17.1 Å². The molecule has 0 saturated carbocycles. The van der Waals surface area contributed by atoms with Crippen LogP contribution in [0.5, 0.6) is 0 Å². The summed E-state index contributed by atoms with van der Waals surface area (Å²) in [5.74, 6) is 0.484. The minimum absolute atomic E-state index is 0.0448. The first kappa shape index (κ1) is 33.0. The predicted molar refractivity (Wildman–Crippen MR) is 170 cm³/mol. The van der Waals surface area contributed by atoms with Crippen molar-refractivity contribution in [1.29, 1.82) is 0 Å². The third-order valence-corrected chi connectivity index (χ3v) is 13.8. The monoisotopic (exact) mass is 580 g/mol. The van der Waals surface area contributed by atoms with Crippen molar-refractivity contribution in [1.82, 2.24) is 9.55 Å². The molecule has 226 valence electrons. The first-order valence-electron chi connectivity index (χ1n) is 15.1. The lowest BCUT2D eigenvalue weighted by molar-refractivity contribution is -0.143. The molecule has 1 aliphatic heterocycles. The van der Waals surface area contributed by atoms with Gasteiger partial charge in [-0.3, -0.25) is 4.79 Å². The van der Waals surface area contributed by atoms with Crippen molar-refractivity contribution in [3.8, 4) is 0 Å². The Balaban J connectivity index is 1.91. The molecule has 0 aliphatic carbocycles. The molecule has 0 unspecified atom stereocenters. The second-order valence-electron chi connectivity index (χ2n) is 14.1. The fourth-order valence-electron chi connectivity index (χ4n) is 5.35. The minimum Gasteiger partial charge on any atom is -0.454 e. The van der Waals surface area contributed by atoms with E-state index in [0.29, 0.717) is 6.42 Å². The van der Waals surface area contributed by atoms with E-state index in [4.69, 9.17) is 9.16 Å². The summed E-state index contributed by atoms with van der Waals surface area (Å²) in [6.07, 6.45) is 10.3. The van der Waals surface area contributed by atoms with E-state index in [1.165, 1.54) is 6.08 Å². The number of ketones is 1. The van der Waals surface area contributed by atoms with E-state index in [9.17, 15) is 9.59 Å². The Morgan fingerprint density at radius 1 is 1.12 bits per heavy atom. The van der Waals surface area contributed by atoms with Crippen LogP contribution in [0.4, 0.5) is 0 Å². The van der Waals surface area contributed by atoms with Crippen molar-refractivity contribution in [2.45, 2.75) is 111 Å². The van der Waals surface area contributed by atoms with Crippen LogP contribution >= 0.6 is 0 Å². The van der Waals surface area contributed by atoms with Crippen molar-refractivity contribution in [3.05, 3.63) is 53.9 Å². The number of ether oxygens (including phenoxy) is 1. The summed E-state index contributed by atoms with van der Waals surface area (Å²) in [4.78, 5) is 31.7. The Bertz CT molecular complexity index is 1300. The molecule has 2 aromatic rings. The topological polar surface area (TPSA) is 70.4 Å². The maximum atomic E-state index is 13.9. The number of carbonyl (C=O) groups is 2. The molecule has 1 aromatic heterocycles. The lowest BCUT2D eigenvalue weighted by atomic mass is 9.76. The standard InChI is InChI=1S/C34H52N2O4Si/c1-23-16-14-12-13-15-17-29(26-18-19-28-27(22-26)35-25(3)36(28)9)39-30(37)20-21-34(7,8)32(38)24(2)31(23)40-41(10,11)33(4,5)6/h13,15,18-24,29,31H,12,14,16-17H2,1-11H3/t23-,24+,29-,31-/m0/s1. The number of rotatable bonds is 3. The molecule has 6 nitrogen and oxygen atoms in total. The van der Waals surface area contributed by atoms with E-state index < -0.39 is 25.8 Å². The molecule has 3 rings (SSSR count). The van der Waals surface area contributed by atoms with Gasteiger partial charge in [-0.1, -0.05) is 58.9 Å². The molecule has 0 spiro atoms. The number of nitrogens with zero attached hydrogens (tertiary/aromatic N) is 2. The highest BCUT2D eigenvalue weighted by atomic mass is 28.4. The first-order chi connectivity index (χ1) is 18.9. The van der Waals surface area contributed by atoms with Crippen LogP contribution in [0.25, 0.3) is 11.0 Å². The van der Waals surface area contributed by atoms with Gasteiger partial charge in [0.1, 0.15) is 17.7 Å². The van der Waals surface area contributed by atoms with Crippen LogP contribution in [-0.2, 0) is 25.8 Å². The second-order valence-corrected chi connectivity index (χ2v) is 18.8. The second kappa shape index (κ2) is 12.8. The Morgan fingerprint density at radius 3 is 2.46 bits per heavy atom. The number of benzene rings is 1. The molecule has 0 bridgehead atoms. The van der Waals surface area contributed by atoms with Crippen LogP contribution in [0.1, 0.15) is 91.6 Å². The maximum absolute atomic E-state index is 13.9. The molecule has 4 atom stereocenters. The number of esters is 1. The molecule has 2 heterocycles. The van der Waals surface area contributed by atoms with Gasteiger partial charge in [-0.25, -0.2) is 9.78 Å². The normalized spacial score (nSPS) is 25.4. The lowest BCUT2D eigenvalue weighted by Crippen LogP contribution is -2.49. The lowest BCUT2D eigenvalue weighted by Gasteiger charge is -2.43. The number of fused-ring (bicyclic) bond motifs is 1. The molecule has 41 heavy (non-hydrogen) atoms. The number of Topliss-reactive ketones (excluding diaryl/α,β-unsaturated/α-hetero) is 1. The van der Waals surface area contributed by atoms with E-state index in [-0.39, 0.29) is 28.8 Å². The van der Waals surface area contributed by atoms with E-state index in [1.807, 2.05) is 52.9 Å². The van der Waals surface area contributed by atoms with Crippen LogP contribution in [0.3, 0.4) is 0 Å². The number of carbonyl (C=O) groups excluding carboxylic acids is 2. The van der Waals surface area contributed by atoms with E-state index in [0.717, 1.165) is 41.7 Å². The zero-order chi connectivity index (χ0) is 30.8. The van der Waals surface area contributed by atoms with Crippen molar-refractivity contribution in [2.75, 3.05) is 0 Å². The van der Waals surface area contributed by atoms with Gasteiger partial charge in [-0.05, 0) is 81.8 Å². The summed E-state index contributed by atoms with van der Waals surface area (Å²) in [6, 6.07) is 6.05. The summed E-state index contributed by atoms with van der Waals surface area (Å²) in [7, 11) is -0.112. The van der Waals surface area contributed by atoms with Crippen molar-refractivity contribution < 1.29 is 18.8 Å². The Labute approximate surface area is 248 Å². The molecule has 1 aromatic carbocycles. The number of aromatic nitrogens is 2. The van der Waals surface area contributed by atoms with Crippen LogP contribution in [-0.4, -0.2) is 35.7 Å². The summed E-state index contributed by atoms with van der Waals surface area (Å²) < 4.78 is 15.0. The average molecular weight is 581 g/mol. The third-order valence-electron chi connectivity index (χ3n) is 9.28. The number of hydrogen-bond donors (Lipinski definition) is 0. The van der Waals surface area contributed by atoms with Crippen LogP contribution in [0.15, 0.2) is 42.5 Å². The quantitative estimate of drug-likeness (QED) is 0.207. The fourth-order valence-corrected chi connectivity index (χ4v) is 6.82. The number of imidazole rings is 1. The zero-order valence-corrected chi connectivity index (χ0v) is 28.2. The molecule has 0 saturated heterocycles. The third kappa shape index (κ3) is 7.86. The number of hydrogen-bond acceptors (Lipinski definition) is 5. The molecule has 7 heteroatoms. The van der Waals surface area contributed by atoms with Gasteiger partial charge in [-0.2, -0.15) is 0 Å². The molecule has 0 amide bonds. The number of allylic oxidation sites excluding steroid dienone is 2. The van der Waals surface area contributed by atoms with Crippen LogP contribution in [0.2, 0.25) is 18.1 Å². The molecule has 1 aliphatic rings. The average Bonchev–Trinajstić information content (AvgIpc) is 3.17. The van der Waals surface area contributed by atoms with Crippen LogP contribution in [0, 0.1) is 24.2 Å². The van der Waals surface area contributed by atoms with E-state index in [2.05, 4.69) is 62.5 Å². The van der Waals surface area contributed by atoms with Gasteiger partial charge in [0.15, 0.2) is 8.32 Å². The fraction of sp³-hybridized carbons (Fsp3) is 0.618. The Hall–Kier alpha value is -2.51. The summed E-state index contributed by atoms with van der Waals surface area (Å²) in [5.41, 5.74) is 1.99. The van der Waals surface area contributed by atoms with Crippen molar-refractivity contribution in [3.63, 3.8) is 0 Å². The number of cyclic esters (lactones) is 1. The van der Waals surface area contributed by atoms with Gasteiger partial charge in [-0.15, -0.1) is 0 Å². The van der Waals surface area contributed by atoms with E-state index >= 15 is 0 Å². The summed E-state index contributed by atoms with van der Waals surface area (Å²) >= 11 is 0. The summed E-state index contributed by atoms with van der Waals surface area (Å²) in [6.45, 7) is 21.2. The molecule has 0 N–H and O–H groups in total. The van der Waals surface area contributed by atoms with Gasteiger partial charge >= 0.3 is 5.97 Å². The molecule has 0 radical (unpaired) electrons. The van der Waals surface area contributed by atoms with Gasteiger partial charge in [0, 0.05) is 30.9 Å². The molecule has 0 fully saturated rings. The highest BCUT2D eigenvalue weighted by Crippen LogP contribution is 2.41. The minimum atomic E-state index is -2.11. The Kier molecular flexibility index (Phi) is 10.3. The molecular weight excluding hydrogens is 528 g/mol. The van der Waals surface area contributed by atoms with Gasteiger partial charge in [0.2, 0.25) is 0 Å². The highest BCUT2D eigenvalue weighted by Gasteiger charge is 2.44. The predicted octanol–water partition coefficient (Wildman–Crippen LogP) is 8.41. The number of aryl methyl sites for hydroxylation is 2. The summed E-state index contributed by atoms with van der Waals surface area (Å²) in [5, 5.41) is 0.0448. The largest absolute Gasteiger partial charge is 0.454 e. The van der Waals surface area contributed by atoms with Crippen LogP contribution < -0.4 is 0 Å². The maximum Gasteiger partial charge on any atom is 0.331 e. The zero-order valence-electron chi connectivity index (χ0n) is 27.2. The van der Waals surface area contributed by atoms with E-state index in [1.54, 1.807) is 6.08 Å². The van der Waals surface area contributed by atoms with Gasteiger partial charge < -0.3 is 13.7 Å². The van der Waals surface area contributed by atoms with Gasteiger partial charge in [0.25, 0.3) is 0 Å². The SMILES string of the molecule is Cc1nc2cc([C@@H]3CC=CCCC[C@H](C)[C@H](O[Si](C)(C)C(C)(C)C)[C@@H](C)C(=O)C(C)(C)C=CC(=O)O3)ccc2n1C. The van der Waals surface area contributed by atoms with Crippen molar-refractivity contribution >= 4 is 31.1 Å².